The summed E-state index contributed by atoms with van der Waals surface area (Å²) in [5, 5.41) is 0. The Morgan fingerprint density at radius 2 is 2.32 bits per heavy atom. The Morgan fingerprint density at radius 1 is 1.47 bits per heavy atom. The predicted octanol–water partition coefficient (Wildman–Crippen LogP) is 1.76. The lowest BCUT2D eigenvalue weighted by molar-refractivity contribution is 0.0701. The second-order valence-electron chi connectivity index (χ2n) is 4.73. The number of aryl methyl sites for hydroxylation is 1. The van der Waals surface area contributed by atoms with Crippen LogP contribution in [0.5, 0.6) is 0 Å². The summed E-state index contributed by atoms with van der Waals surface area (Å²) in [6, 6.07) is 5.83. The van der Waals surface area contributed by atoms with Crippen molar-refractivity contribution in [1.82, 2.24) is 9.88 Å². The molecule has 0 saturated carbocycles. The molecule has 0 unspecified atom stereocenters. The van der Waals surface area contributed by atoms with Crippen molar-refractivity contribution in [3.63, 3.8) is 0 Å². The first-order chi connectivity index (χ1) is 9.16. The predicted molar refractivity (Wildman–Crippen MR) is 70.5 cm³/mol. The fraction of sp³-hybridized carbons (Fsp3) is 0.286. The van der Waals surface area contributed by atoms with Crippen molar-refractivity contribution in [3.8, 4) is 0 Å². The summed E-state index contributed by atoms with van der Waals surface area (Å²) in [6.45, 7) is 2.99. The summed E-state index contributed by atoms with van der Waals surface area (Å²) in [6.07, 6.45) is 2.08. The second-order valence-corrected chi connectivity index (χ2v) is 4.73. The quantitative estimate of drug-likeness (QED) is 0.790. The molecule has 1 amide bonds. The molecule has 5 heteroatoms. The molecule has 2 heterocycles. The van der Waals surface area contributed by atoms with Crippen molar-refractivity contribution < 1.29 is 9.21 Å². The summed E-state index contributed by atoms with van der Waals surface area (Å²) in [5.74, 6) is 0.218. The molecule has 0 atom stereocenters. The highest BCUT2D eigenvalue weighted by atomic mass is 16.3. The largest absolute Gasteiger partial charge is 0.438 e. The number of aromatic nitrogens is 1. The van der Waals surface area contributed by atoms with E-state index in [0.29, 0.717) is 24.5 Å². The van der Waals surface area contributed by atoms with Crippen molar-refractivity contribution in [2.24, 2.45) is 0 Å². The Morgan fingerprint density at radius 3 is 3.05 bits per heavy atom. The van der Waals surface area contributed by atoms with E-state index >= 15 is 0 Å². The number of benzene rings is 1. The monoisotopic (exact) mass is 257 g/mol. The Hall–Kier alpha value is -2.30. The average molecular weight is 257 g/mol. The van der Waals surface area contributed by atoms with Gasteiger partial charge in [-0.1, -0.05) is 12.1 Å². The van der Waals surface area contributed by atoms with Crippen molar-refractivity contribution in [1.29, 1.82) is 0 Å². The van der Waals surface area contributed by atoms with Gasteiger partial charge in [0.25, 0.3) is 5.91 Å². The number of carbonyl (C=O) groups is 1. The maximum atomic E-state index is 12.3. The molecule has 1 aliphatic rings. The van der Waals surface area contributed by atoms with E-state index in [0.717, 1.165) is 23.2 Å². The standard InChI is InChI=1S/C14H15N3O2/c1-9-13(19-8-16-9)14(18)17-6-5-11-10(7-17)3-2-4-12(11)15/h2-4,8H,5-7,15H2,1H3. The Kier molecular flexibility index (Phi) is 2.74. The van der Waals surface area contributed by atoms with Gasteiger partial charge in [0, 0.05) is 18.8 Å². The zero-order valence-corrected chi connectivity index (χ0v) is 10.7. The molecule has 0 bridgehead atoms. The van der Waals surface area contributed by atoms with Crippen molar-refractivity contribution in [2.75, 3.05) is 12.3 Å². The number of carbonyl (C=O) groups excluding carboxylic acids is 1. The normalized spacial score (nSPS) is 14.3. The number of hydrogen-bond donors (Lipinski definition) is 1. The summed E-state index contributed by atoms with van der Waals surface area (Å²) in [4.78, 5) is 18.1. The van der Waals surface area contributed by atoms with Gasteiger partial charge >= 0.3 is 0 Å². The minimum Gasteiger partial charge on any atom is -0.438 e. The van der Waals surface area contributed by atoms with Crippen molar-refractivity contribution in [3.05, 3.63) is 47.2 Å². The van der Waals surface area contributed by atoms with E-state index in [1.807, 2.05) is 18.2 Å². The number of oxazole rings is 1. The number of nitrogen functional groups attached to an aromatic ring is 1. The molecule has 1 aromatic heterocycles. The Bertz CT molecular complexity index is 633. The lowest BCUT2D eigenvalue weighted by Gasteiger charge is -2.29. The van der Waals surface area contributed by atoms with Gasteiger partial charge in [-0.15, -0.1) is 0 Å². The summed E-state index contributed by atoms with van der Waals surface area (Å²) >= 11 is 0. The minimum atomic E-state index is -0.108. The van der Waals surface area contributed by atoms with Crippen molar-refractivity contribution >= 4 is 11.6 Å². The van der Waals surface area contributed by atoms with Crippen LogP contribution in [-0.2, 0) is 13.0 Å². The van der Waals surface area contributed by atoms with Crippen LogP contribution in [0.1, 0.15) is 27.4 Å². The van der Waals surface area contributed by atoms with Crippen LogP contribution in [-0.4, -0.2) is 22.3 Å². The van der Waals surface area contributed by atoms with E-state index in [-0.39, 0.29) is 5.91 Å². The zero-order valence-electron chi connectivity index (χ0n) is 10.7. The molecule has 3 rings (SSSR count). The number of anilines is 1. The molecule has 0 radical (unpaired) electrons. The zero-order chi connectivity index (χ0) is 13.4. The fourth-order valence-corrected chi connectivity index (χ4v) is 2.46. The summed E-state index contributed by atoms with van der Waals surface area (Å²) in [5.41, 5.74) is 9.65. The third-order valence-corrected chi connectivity index (χ3v) is 3.53. The average Bonchev–Trinajstić information content (AvgIpc) is 2.84. The molecule has 19 heavy (non-hydrogen) atoms. The summed E-state index contributed by atoms with van der Waals surface area (Å²) in [7, 11) is 0. The van der Waals surface area contributed by atoms with Crippen LogP contribution in [0.15, 0.2) is 29.0 Å². The number of fused-ring (bicyclic) bond motifs is 1. The molecular weight excluding hydrogens is 242 g/mol. The van der Waals surface area contributed by atoms with Gasteiger partial charge in [-0.05, 0) is 30.5 Å². The third-order valence-electron chi connectivity index (χ3n) is 3.53. The number of amides is 1. The van der Waals surface area contributed by atoms with Crippen LogP contribution in [0.3, 0.4) is 0 Å². The molecule has 5 nitrogen and oxygen atoms in total. The molecular formula is C14H15N3O2. The number of rotatable bonds is 1. The number of hydrogen-bond acceptors (Lipinski definition) is 4. The fourth-order valence-electron chi connectivity index (χ4n) is 2.46. The molecule has 0 aliphatic carbocycles. The first-order valence-electron chi connectivity index (χ1n) is 6.22. The smallest absolute Gasteiger partial charge is 0.291 e. The van der Waals surface area contributed by atoms with Crippen molar-refractivity contribution in [2.45, 2.75) is 19.9 Å². The van der Waals surface area contributed by atoms with E-state index in [1.54, 1.807) is 11.8 Å². The van der Waals surface area contributed by atoms with E-state index in [9.17, 15) is 4.79 Å². The van der Waals surface area contributed by atoms with Gasteiger partial charge in [-0.25, -0.2) is 4.98 Å². The topological polar surface area (TPSA) is 72.4 Å². The van der Waals surface area contributed by atoms with Gasteiger partial charge in [-0.3, -0.25) is 4.79 Å². The van der Waals surface area contributed by atoms with Crippen LogP contribution in [0.25, 0.3) is 0 Å². The van der Waals surface area contributed by atoms with Crippen LogP contribution in [0.4, 0.5) is 5.69 Å². The highest BCUT2D eigenvalue weighted by Gasteiger charge is 2.25. The van der Waals surface area contributed by atoms with Gasteiger partial charge < -0.3 is 15.1 Å². The lowest BCUT2D eigenvalue weighted by Crippen LogP contribution is -2.36. The first-order valence-corrected chi connectivity index (χ1v) is 6.22. The van der Waals surface area contributed by atoms with Crippen LogP contribution in [0, 0.1) is 6.92 Å². The van der Waals surface area contributed by atoms with Gasteiger partial charge in [0.2, 0.25) is 5.76 Å². The molecule has 1 aromatic carbocycles. The first kappa shape index (κ1) is 11.8. The van der Waals surface area contributed by atoms with Gasteiger partial charge in [0.05, 0.1) is 5.69 Å². The van der Waals surface area contributed by atoms with Crippen LogP contribution < -0.4 is 5.73 Å². The molecule has 2 N–H and O–H groups in total. The third kappa shape index (κ3) is 1.97. The highest BCUT2D eigenvalue weighted by molar-refractivity contribution is 5.92. The highest BCUT2D eigenvalue weighted by Crippen LogP contribution is 2.25. The van der Waals surface area contributed by atoms with E-state index < -0.39 is 0 Å². The van der Waals surface area contributed by atoms with Crippen LogP contribution >= 0.6 is 0 Å². The molecule has 0 fully saturated rings. The molecule has 98 valence electrons. The van der Waals surface area contributed by atoms with Gasteiger partial charge in [0.1, 0.15) is 0 Å². The van der Waals surface area contributed by atoms with E-state index in [2.05, 4.69) is 4.98 Å². The van der Waals surface area contributed by atoms with Gasteiger partial charge in [-0.2, -0.15) is 0 Å². The molecule has 0 spiro atoms. The molecule has 0 saturated heterocycles. The van der Waals surface area contributed by atoms with Gasteiger partial charge in [0.15, 0.2) is 6.39 Å². The second kappa shape index (κ2) is 4.42. The summed E-state index contributed by atoms with van der Waals surface area (Å²) < 4.78 is 5.16. The SMILES string of the molecule is Cc1ncoc1C(=O)N1CCc2c(N)cccc2C1. The number of nitrogens with two attached hydrogens (primary N) is 1. The minimum absolute atomic E-state index is 0.108. The number of nitrogens with zero attached hydrogens (tertiary/aromatic N) is 2. The molecule has 2 aromatic rings. The Balaban J connectivity index is 1.87. The maximum Gasteiger partial charge on any atom is 0.291 e. The van der Waals surface area contributed by atoms with Crippen LogP contribution in [0.2, 0.25) is 0 Å². The Labute approximate surface area is 111 Å². The molecule has 1 aliphatic heterocycles. The maximum absolute atomic E-state index is 12.3. The van der Waals surface area contributed by atoms with E-state index in [4.69, 9.17) is 10.2 Å². The lowest BCUT2D eigenvalue weighted by atomic mass is 9.98. The van der Waals surface area contributed by atoms with E-state index in [1.165, 1.54) is 6.39 Å².